The normalized spacial score (nSPS) is 19.5. The highest BCUT2D eigenvalue weighted by Gasteiger charge is 2.34. The van der Waals surface area contributed by atoms with Gasteiger partial charge in [-0.25, -0.2) is 4.79 Å². The second kappa shape index (κ2) is 8.95. The van der Waals surface area contributed by atoms with Gasteiger partial charge in [0.05, 0.1) is 0 Å². The molecule has 29 heavy (non-hydrogen) atoms. The Kier molecular flexibility index (Phi) is 6.57. The molecule has 154 valence electrons. The first-order valence-corrected chi connectivity index (χ1v) is 10.5. The standard InChI is InChI=1S/C22H26BrN3O3/c1-22(2,3)29-21(28)26-13-16(15-7-9-17(23)10-8-15)12-18(14-26)25-20(27)19-6-4-5-11-24-19/h4-11,16,18H,12-14H2,1-3H3,(H,25,27)/t16-,18+/m0/s1. The van der Waals surface area contributed by atoms with Gasteiger partial charge in [-0.15, -0.1) is 0 Å². The number of hydrogen-bond donors (Lipinski definition) is 1. The van der Waals surface area contributed by atoms with Crippen LogP contribution in [0.2, 0.25) is 0 Å². The summed E-state index contributed by atoms with van der Waals surface area (Å²) in [7, 11) is 0. The van der Waals surface area contributed by atoms with Gasteiger partial charge < -0.3 is 15.0 Å². The lowest BCUT2D eigenvalue weighted by molar-refractivity contribution is 0.0164. The van der Waals surface area contributed by atoms with Crippen LogP contribution in [0.15, 0.2) is 53.1 Å². The maximum atomic E-state index is 12.7. The maximum Gasteiger partial charge on any atom is 0.410 e. The Bertz CT molecular complexity index is 850. The minimum absolute atomic E-state index is 0.0957. The highest BCUT2D eigenvalue weighted by molar-refractivity contribution is 9.10. The number of carbonyl (C=O) groups excluding carboxylic acids is 2. The second-order valence-corrected chi connectivity index (χ2v) is 9.17. The topological polar surface area (TPSA) is 71.5 Å². The van der Waals surface area contributed by atoms with Gasteiger partial charge in [-0.2, -0.15) is 0 Å². The highest BCUT2D eigenvalue weighted by Crippen LogP contribution is 2.29. The molecule has 2 aromatic rings. The number of rotatable bonds is 3. The first-order valence-electron chi connectivity index (χ1n) is 9.66. The van der Waals surface area contributed by atoms with Crippen LogP contribution in [0.1, 0.15) is 49.2 Å². The molecule has 1 N–H and O–H groups in total. The molecule has 2 atom stereocenters. The van der Waals surface area contributed by atoms with Crippen LogP contribution in [0.25, 0.3) is 0 Å². The van der Waals surface area contributed by atoms with Crippen LogP contribution in [0.4, 0.5) is 4.79 Å². The summed E-state index contributed by atoms with van der Waals surface area (Å²) < 4.78 is 6.57. The number of nitrogens with zero attached hydrogens (tertiary/aromatic N) is 2. The fourth-order valence-corrected chi connectivity index (χ4v) is 3.68. The minimum atomic E-state index is -0.575. The van der Waals surface area contributed by atoms with Crippen molar-refractivity contribution >= 4 is 27.9 Å². The summed E-state index contributed by atoms with van der Waals surface area (Å²) >= 11 is 3.46. The Balaban J connectivity index is 1.78. The lowest BCUT2D eigenvalue weighted by atomic mass is 9.88. The molecule has 0 spiro atoms. The molecule has 0 saturated carbocycles. The SMILES string of the molecule is CC(C)(C)OC(=O)N1C[C@H](NC(=O)c2ccccn2)C[C@H](c2ccc(Br)cc2)C1. The number of carbonyl (C=O) groups is 2. The molecule has 7 heteroatoms. The molecule has 3 rings (SSSR count). The van der Waals surface area contributed by atoms with E-state index in [-0.39, 0.29) is 24.0 Å². The Morgan fingerprint density at radius 2 is 1.86 bits per heavy atom. The van der Waals surface area contributed by atoms with Crippen LogP contribution < -0.4 is 5.32 Å². The number of nitrogens with one attached hydrogen (secondary N) is 1. The maximum absolute atomic E-state index is 12.7. The summed E-state index contributed by atoms with van der Waals surface area (Å²) in [4.78, 5) is 31.1. The number of benzene rings is 1. The van der Waals surface area contributed by atoms with E-state index in [4.69, 9.17) is 4.74 Å². The Morgan fingerprint density at radius 1 is 1.14 bits per heavy atom. The molecule has 6 nitrogen and oxygen atoms in total. The smallest absolute Gasteiger partial charge is 0.410 e. The molecule has 1 fully saturated rings. The third kappa shape index (κ3) is 6.03. The average molecular weight is 460 g/mol. The van der Waals surface area contributed by atoms with Crippen molar-refractivity contribution in [3.8, 4) is 0 Å². The number of halogens is 1. The quantitative estimate of drug-likeness (QED) is 0.739. The van der Waals surface area contributed by atoms with Gasteiger partial charge in [0.2, 0.25) is 0 Å². The fraction of sp³-hybridized carbons (Fsp3) is 0.409. The van der Waals surface area contributed by atoms with E-state index in [0.717, 1.165) is 16.5 Å². The predicted octanol–water partition coefficient (Wildman–Crippen LogP) is 4.37. The third-order valence-electron chi connectivity index (χ3n) is 4.68. The van der Waals surface area contributed by atoms with E-state index in [2.05, 4.69) is 26.2 Å². The Labute approximate surface area is 179 Å². The van der Waals surface area contributed by atoms with Crippen LogP contribution in [0.5, 0.6) is 0 Å². The first kappa shape index (κ1) is 21.3. The third-order valence-corrected chi connectivity index (χ3v) is 5.21. The van der Waals surface area contributed by atoms with Crippen molar-refractivity contribution in [2.24, 2.45) is 0 Å². The second-order valence-electron chi connectivity index (χ2n) is 8.25. The lowest BCUT2D eigenvalue weighted by Gasteiger charge is -2.38. The van der Waals surface area contributed by atoms with Crippen molar-refractivity contribution in [1.29, 1.82) is 0 Å². The number of pyridine rings is 1. The molecular formula is C22H26BrN3O3. The Hall–Kier alpha value is -2.41. The van der Waals surface area contributed by atoms with Crippen molar-refractivity contribution < 1.29 is 14.3 Å². The summed E-state index contributed by atoms with van der Waals surface area (Å²) in [6.45, 7) is 6.50. The van der Waals surface area contributed by atoms with Gasteiger partial charge in [-0.05, 0) is 57.0 Å². The molecule has 1 aliphatic heterocycles. The zero-order valence-electron chi connectivity index (χ0n) is 16.9. The van der Waals surface area contributed by atoms with E-state index >= 15 is 0 Å². The summed E-state index contributed by atoms with van der Waals surface area (Å²) in [6.07, 6.45) is 1.96. The zero-order valence-corrected chi connectivity index (χ0v) is 18.5. The molecule has 2 amide bonds. The van der Waals surface area contributed by atoms with Crippen molar-refractivity contribution in [3.63, 3.8) is 0 Å². The van der Waals surface area contributed by atoms with Crippen LogP contribution >= 0.6 is 15.9 Å². The van der Waals surface area contributed by atoms with Crippen LogP contribution in [0, 0.1) is 0 Å². The number of likely N-dealkylation sites (tertiary alicyclic amines) is 1. The fourth-order valence-electron chi connectivity index (χ4n) is 3.41. The summed E-state index contributed by atoms with van der Waals surface area (Å²) in [5.74, 6) is -0.144. The number of ether oxygens (including phenoxy) is 1. The van der Waals surface area contributed by atoms with E-state index in [1.807, 2.05) is 45.0 Å². The van der Waals surface area contributed by atoms with Gasteiger partial charge in [0.15, 0.2) is 0 Å². The first-order chi connectivity index (χ1) is 13.7. The number of piperidine rings is 1. The molecule has 2 heterocycles. The average Bonchev–Trinajstić information content (AvgIpc) is 2.67. The van der Waals surface area contributed by atoms with Gasteiger partial charge in [0, 0.05) is 35.7 Å². The minimum Gasteiger partial charge on any atom is -0.444 e. The number of hydrogen-bond acceptors (Lipinski definition) is 4. The summed E-state index contributed by atoms with van der Waals surface area (Å²) in [5, 5.41) is 3.03. The van der Waals surface area contributed by atoms with E-state index < -0.39 is 5.60 Å². The molecule has 0 unspecified atom stereocenters. The van der Waals surface area contributed by atoms with E-state index in [1.165, 1.54) is 0 Å². The molecular weight excluding hydrogens is 434 g/mol. The zero-order chi connectivity index (χ0) is 21.0. The number of aromatic nitrogens is 1. The lowest BCUT2D eigenvalue weighted by Crippen LogP contribution is -2.53. The van der Waals surface area contributed by atoms with E-state index in [9.17, 15) is 9.59 Å². The summed E-state index contributed by atoms with van der Waals surface area (Å²) in [5.41, 5.74) is 0.912. The van der Waals surface area contributed by atoms with Gasteiger partial charge in [0.25, 0.3) is 5.91 Å². The van der Waals surface area contributed by atoms with Gasteiger partial charge in [-0.3, -0.25) is 9.78 Å². The highest BCUT2D eigenvalue weighted by atomic mass is 79.9. The largest absolute Gasteiger partial charge is 0.444 e. The molecule has 1 saturated heterocycles. The van der Waals surface area contributed by atoms with Crippen molar-refractivity contribution in [2.45, 2.75) is 44.8 Å². The van der Waals surface area contributed by atoms with Crippen molar-refractivity contribution in [3.05, 3.63) is 64.4 Å². The van der Waals surface area contributed by atoms with E-state index in [0.29, 0.717) is 18.8 Å². The Morgan fingerprint density at radius 3 is 2.48 bits per heavy atom. The van der Waals surface area contributed by atoms with Gasteiger partial charge in [0.1, 0.15) is 11.3 Å². The van der Waals surface area contributed by atoms with Crippen LogP contribution in [0.3, 0.4) is 0 Å². The molecule has 0 radical (unpaired) electrons. The molecule has 0 bridgehead atoms. The molecule has 1 aliphatic rings. The monoisotopic (exact) mass is 459 g/mol. The predicted molar refractivity (Wildman–Crippen MR) is 115 cm³/mol. The van der Waals surface area contributed by atoms with Crippen LogP contribution in [-0.2, 0) is 4.74 Å². The van der Waals surface area contributed by atoms with Crippen LogP contribution in [-0.4, -0.2) is 46.6 Å². The van der Waals surface area contributed by atoms with E-state index in [1.54, 1.807) is 29.3 Å². The summed E-state index contributed by atoms with van der Waals surface area (Å²) in [6, 6.07) is 13.1. The van der Waals surface area contributed by atoms with Gasteiger partial charge in [-0.1, -0.05) is 34.1 Å². The molecule has 1 aromatic heterocycles. The van der Waals surface area contributed by atoms with Gasteiger partial charge >= 0.3 is 6.09 Å². The molecule has 1 aromatic carbocycles. The number of amides is 2. The van der Waals surface area contributed by atoms with Crippen molar-refractivity contribution in [1.82, 2.24) is 15.2 Å². The van der Waals surface area contributed by atoms with Crippen molar-refractivity contribution in [2.75, 3.05) is 13.1 Å². The molecule has 0 aliphatic carbocycles.